The average molecular weight is 360 g/mol. The fourth-order valence-electron chi connectivity index (χ4n) is 2.39. The molecule has 0 unspecified atom stereocenters. The summed E-state index contributed by atoms with van der Waals surface area (Å²) >= 11 is 0. The van der Waals surface area contributed by atoms with Crippen LogP contribution in [0.1, 0.15) is 18.2 Å². The average Bonchev–Trinajstić information content (AvgIpc) is 2.67. The van der Waals surface area contributed by atoms with Gasteiger partial charge in [-0.15, -0.1) is 0 Å². The van der Waals surface area contributed by atoms with Gasteiger partial charge in [-0.2, -0.15) is 0 Å². The van der Waals surface area contributed by atoms with Crippen LogP contribution in [-0.4, -0.2) is 38.3 Å². The van der Waals surface area contributed by atoms with Gasteiger partial charge in [0.1, 0.15) is 5.82 Å². The molecule has 0 amide bonds. The van der Waals surface area contributed by atoms with Crippen LogP contribution in [0.3, 0.4) is 0 Å². The molecular weight excluding hydrogens is 335 g/mol. The summed E-state index contributed by atoms with van der Waals surface area (Å²) in [5, 5.41) is 6.38. The third-order valence-electron chi connectivity index (χ3n) is 3.72. The van der Waals surface area contributed by atoms with Crippen molar-refractivity contribution in [2.45, 2.75) is 19.9 Å². The molecule has 0 bridgehead atoms. The lowest BCUT2D eigenvalue weighted by molar-refractivity contribution is 0.354. The Morgan fingerprint density at radius 3 is 2.65 bits per heavy atom. The molecule has 1 aromatic carbocycles. The molecular formula is C19H25FN4O2. The van der Waals surface area contributed by atoms with Gasteiger partial charge < -0.3 is 20.1 Å². The van der Waals surface area contributed by atoms with E-state index < -0.39 is 0 Å². The molecule has 2 rings (SSSR count). The maximum absolute atomic E-state index is 13.6. The molecule has 0 spiro atoms. The van der Waals surface area contributed by atoms with Crippen molar-refractivity contribution >= 4 is 5.96 Å². The number of hydrogen-bond acceptors (Lipinski definition) is 4. The monoisotopic (exact) mass is 360 g/mol. The normalized spacial score (nSPS) is 11.2. The van der Waals surface area contributed by atoms with Crippen molar-refractivity contribution in [2.24, 2.45) is 4.99 Å². The summed E-state index contributed by atoms with van der Waals surface area (Å²) in [4.78, 5) is 8.39. The number of hydrogen-bond donors (Lipinski definition) is 2. The Balaban J connectivity index is 1.94. The number of aromatic nitrogens is 1. The van der Waals surface area contributed by atoms with E-state index in [2.05, 4.69) is 20.6 Å². The van der Waals surface area contributed by atoms with Crippen LogP contribution in [0.15, 0.2) is 41.5 Å². The highest BCUT2D eigenvalue weighted by Gasteiger charge is 2.06. The van der Waals surface area contributed by atoms with Gasteiger partial charge in [0.2, 0.25) is 0 Å². The van der Waals surface area contributed by atoms with Crippen molar-refractivity contribution in [3.63, 3.8) is 0 Å². The first-order valence-corrected chi connectivity index (χ1v) is 8.50. The predicted octanol–water partition coefficient (Wildman–Crippen LogP) is 2.54. The first-order valence-electron chi connectivity index (χ1n) is 8.50. The second-order valence-electron chi connectivity index (χ2n) is 5.49. The van der Waals surface area contributed by atoms with E-state index in [1.165, 1.54) is 6.07 Å². The lowest BCUT2D eigenvalue weighted by Gasteiger charge is -2.12. The number of ether oxygens (including phenoxy) is 2. The van der Waals surface area contributed by atoms with Crippen molar-refractivity contribution in [3.8, 4) is 11.5 Å². The first kappa shape index (κ1) is 19.5. The van der Waals surface area contributed by atoms with Gasteiger partial charge in [0.15, 0.2) is 17.5 Å². The van der Waals surface area contributed by atoms with Gasteiger partial charge in [-0.3, -0.25) is 4.98 Å². The fraction of sp³-hybridized carbons (Fsp3) is 0.368. The summed E-state index contributed by atoms with van der Waals surface area (Å²) in [6.45, 7) is 3.55. The second kappa shape index (κ2) is 10.2. The highest BCUT2D eigenvalue weighted by Crippen LogP contribution is 2.27. The largest absolute Gasteiger partial charge is 0.493 e. The highest BCUT2D eigenvalue weighted by molar-refractivity contribution is 5.79. The third kappa shape index (κ3) is 5.61. The standard InChI is InChI=1S/C19H25FN4O2/c1-4-21-19(24-13-16-15(20)6-5-10-22-16)23-11-9-14-7-8-17(25-2)18(12-14)26-3/h5-8,10,12H,4,9,11,13H2,1-3H3,(H2,21,23,24). The van der Waals surface area contributed by atoms with Gasteiger partial charge >= 0.3 is 0 Å². The molecule has 0 aliphatic rings. The minimum absolute atomic E-state index is 0.179. The maximum Gasteiger partial charge on any atom is 0.191 e. The number of aliphatic imine (C=N–C) groups is 1. The van der Waals surface area contributed by atoms with E-state index in [0.717, 1.165) is 12.0 Å². The Labute approximate surface area is 153 Å². The van der Waals surface area contributed by atoms with Crippen molar-refractivity contribution < 1.29 is 13.9 Å². The molecule has 0 radical (unpaired) electrons. The zero-order valence-electron chi connectivity index (χ0n) is 15.4. The Morgan fingerprint density at radius 2 is 1.96 bits per heavy atom. The number of benzene rings is 1. The van der Waals surface area contributed by atoms with Gasteiger partial charge in [0, 0.05) is 19.3 Å². The van der Waals surface area contributed by atoms with Crippen LogP contribution < -0.4 is 20.1 Å². The SMILES string of the molecule is CCNC(=NCc1ncccc1F)NCCc1ccc(OC)c(OC)c1. The summed E-state index contributed by atoms with van der Waals surface area (Å²) in [6, 6.07) is 8.78. The summed E-state index contributed by atoms with van der Waals surface area (Å²) in [7, 11) is 3.23. The lowest BCUT2D eigenvalue weighted by atomic mass is 10.1. The van der Waals surface area contributed by atoms with Crippen LogP contribution in [0, 0.1) is 5.82 Å². The van der Waals surface area contributed by atoms with Gasteiger partial charge in [0.25, 0.3) is 0 Å². The van der Waals surface area contributed by atoms with E-state index in [1.807, 2.05) is 25.1 Å². The molecule has 1 heterocycles. The van der Waals surface area contributed by atoms with E-state index in [-0.39, 0.29) is 12.4 Å². The number of guanidine groups is 1. The lowest BCUT2D eigenvalue weighted by Crippen LogP contribution is -2.38. The van der Waals surface area contributed by atoms with E-state index >= 15 is 0 Å². The van der Waals surface area contributed by atoms with Crippen molar-refractivity contribution in [1.82, 2.24) is 15.6 Å². The molecule has 0 atom stereocenters. The van der Waals surface area contributed by atoms with Crippen LogP contribution in [0.2, 0.25) is 0 Å². The number of nitrogens with zero attached hydrogens (tertiary/aromatic N) is 2. The third-order valence-corrected chi connectivity index (χ3v) is 3.72. The van der Waals surface area contributed by atoms with Crippen LogP contribution in [-0.2, 0) is 13.0 Å². The smallest absolute Gasteiger partial charge is 0.191 e. The van der Waals surface area contributed by atoms with Crippen molar-refractivity contribution in [3.05, 3.63) is 53.6 Å². The number of halogens is 1. The predicted molar refractivity (Wildman–Crippen MR) is 100 cm³/mol. The molecule has 7 heteroatoms. The molecule has 6 nitrogen and oxygen atoms in total. The molecule has 2 aromatic rings. The van der Waals surface area contributed by atoms with E-state index in [0.29, 0.717) is 36.2 Å². The number of pyridine rings is 1. The van der Waals surface area contributed by atoms with Crippen LogP contribution in [0.4, 0.5) is 4.39 Å². The van der Waals surface area contributed by atoms with Gasteiger partial charge in [0.05, 0.1) is 26.5 Å². The zero-order valence-corrected chi connectivity index (χ0v) is 15.4. The highest BCUT2D eigenvalue weighted by atomic mass is 19.1. The molecule has 0 fully saturated rings. The molecule has 0 aliphatic heterocycles. The van der Waals surface area contributed by atoms with Crippen LogP contribution in [0.5, 0.6) is 11.5 Å². The van der Waals surface area contributed by atoms with Gasteiger partial charge in [-0.25, -0.2) is 9.38 Å². The van der Waals surface area contributed by atoms with Crippen LogP contribution in [0.25, 0.3) is 0 Å². The Hall–Kier alpha value is -2.83. The first-order chi connectivity index (χ1) is 12.7. The summed E-state index contributed by atoms with van der Waals surface area (Å²) in [5.41, 5.74) is 1.44. The van der Waals surface area contributed by atoms with Crippen LogP contribution >= 0.6 is 0 Å². The zero-order chi connectivity index (χ0) is 18.8. The Kier molecular flexibility index (Phi) is 7.67. The molecule has 0 saturated heterocycles. The minimum atomic E-state index is -0.350. The Bertz CT molecular complexity index is 737. The molecule has 2 N–H and O–H groups in total. The number of nitrogens with one attached hydrogen (secondary N) is 2. The molecule has 0 aliphatic carbocycles. The van der Waals surface area contributed by atoms with E-state index in [9.17, 15) is 4.39 Å². The maximum atomic E-state index is 13.6. The molecule has 26 heavy (non-hydrogen) atoms. The van der Waals surface area contributed by atoms with E-state index in [4.69, 9.17) is 9.47 Å². The number of rotatable bonds is 8. The number of methoxy groups -OCH3 is 2. The second-order valence-corrected chi connectivity index (χ2v) is 5.49. The molecule has 0 saturated carbocycles. The summed E-state index contributed by atoms with van der Waals surface area (Å²) in [5.74, 6) is 1.68. The molecule has 140 valence electrons. The van der Waals surface area contributed by atoms with Crippen molar-refractivity contribution in [2.75, 3.05) is 27.3 Å². The summed E-state index contributed by atoms with van der Waals surface area (Å²) < 4.78 is 24.2. The van der Waals surface area contributed by atoms with Gasteiger partial charge in [-0.1, -0.05) is 6.07 Å². The quantitative estimate of drug-likeness (QED) is 0.559. The Morgan fingerprint density at radius 1 is 1.15 bits per heavy atom. The van der Waals surface area contributed by atoms with Gasteiger partial charge in [-0.05, 0) is 43.2 Å². The minimum Gasteiger partial charge on any atom is -0.493 e. The fourth-order valence-corrected chi connectivity index (χ4v) is 2.39. The topological polar surface area (TPSA) is 67.8 Å². The summed E-state index contributed by atoms with van der Waals surface area (Å²) in [6.07, 6.45) is 2.34. The van der Waals surface area contributed by atoms with E-state index in [1.54, 1.807) is 26.5 Å². The molecule has 1 aromatic heterocycles. The van der Waals surface area contributed by atoms with Crippen molar-refractivity contribution in [1.29, 1.82) is 0 Å².